The fourth-order valence-corrected chi connectivity index (χ4v) is 1.77. The molecule has 1 rings (SSSR count). The highest BCUT2D eigenvalue weighted by molar-refractivity contribution is 5.94. The van der Waals surface area contributed by atoms with E-state index in [9.17, 15) is 28.1 Å². The lowest BCUT2D eigenvalue weighted by atomic mass is 10.1. The summed E-state index contributed by atoms with van der Waals surface area (Å²) in [6.07, 6.45) is -5.33. The molecule has 0 atom stereocenters. The summed E-state index contributed by atoms with van der Waals surface area (Å²) in [5.41, 5.74) is -0.841. The molecule has 0 saturated heterocycles. The molecule has 0 aromatic heterocycles. The summed E-state index contributed by atoms with van der Waals surface area (Å²) >= 11 is 0. The molecule has 0 bridgehead atoms. The fourth-order valence-electron chi connectivity index (χ4n) is 1.77. The largest absolute Gasteiger partial charge is 0.477 e. The molecule has 0 fully saturated rings. The zero-order chi connectivity index (χ0) is 16.0. The highest BCUT2D eigenvalue weighted by Gasteiger charge is 2.26. The van der Waals surface area contributed by atoms with Crippen molar-refractivity contribution < 1.29 is 28.0 Å². The number of nitro groups is 1. The number of aromatic carboxylic acids is 1. The summed E-state index contributed by atoms with van der Waals surface area (Å²) in [5.74, 6) is -1.45. The van der Waals surface area contributed by atoms with Gasteiger partial charge in [0.1, 0.15) is 5.56 Å². The topological polar surface area (TPSA) is 92.5 Å². The van der Waals surface area contributed by atoms with Crippen LogP contribution >= 0.6 is 0 Å². The van der Waals surface area contributed by atoms with E-state index in [0.717, 1.165) is 6.07 Å². The van der Waals surface area contributed by atoms with E-state index >= 15 is 0 Å². The Bertz CT molecular complexity index is 532. The summed E-state index contributed by atoms with van der Waals surface area (Å²) in [4.78, 5) is 21.0. The number of hydrogen-bond donors (Lipinski definition) is 2. The van der Waals surface area contributed by atoms with Crippen LogP contribution in [-0.2, 0) is 6.54 Å². The van der Waals surface area contributed by atoms with Gasteiger partial charge < -0.3 is 10.4 Å². The monoisotopic (exact) mass is 306 g/mol. The first kappa shape index (κ1) is 16.9. The second-order valence-electron chi connectivity index (χ2n) is 4.27. The second kappa shape index (κ2) is 7.02. The van der Waals surface area contributed by atoms with Crippen LogP contribution in [0, 0.1) is 10.1 Å². The number of nitrogens with zero attached hydrogens (tertiary/aromatic N) is 1. The average molecular weight is 306 g/mol. The van der Waals surface area contributed by atoms with E-state index in [1.165, 1.54) is 12.1 Å². The van der Waals surface area contributed by atoms with E-state index < -0.39 is 34.7 Å². The van der Waals surface area contributed by atoms with Crippen molar-refractivity contribution in [1.29, 1.82) is 0 Å². The molecule has 0 aliphatic rings. The van der Waals surface area contributed by atoms with Crippen LogP contribution in [0.25, 0.3) is 0 Å². The number of hydrogen-bond acceptors (Lipinski definition) is 4. The number of benzene rings is 1. The predicted octanol–water partition coefficient (Wildman–Crippen LogP) is 2.73. The molecule has 0 heterocycles. The molecule has 116 valence electrons. The molecule has 1 aromatic rings. The van der Waals surface area contributed by atoms with Crippen LogP contribution in [0.15, 0.2) is 18.2 Å². The predicted molar refractivity (Wildman–Crippen MR) is 67.1 cm³/mol. The number of halogens is 3. The van der Waals surface area contributed by atoms with Crippen LogP contribution in [-0.4, -0.2) is 28.7 Å². The van der Waals surface area contributed by atoms with Crippen molar-refractivity contribution >= 4 is 11.7 Å². The third kappa shape index (κ3) is 5.38. The molecule has 2 N–H and O–H groups in total. The second-order valence-corrected chi connectivity index (χ2v) is 4.27. The Morgan fingerprint density at radius 1 is 1.38 bits per heavy atom. The van der Waals surface area contributed by atoms with Gasteiger partial charge >= 0.3 is 12.1 Å². The van der Waals surface area contributed by atoms with E-state index in [1.807, 2.05) is 0 Å². The van der Waals surface area contributed by atoms with Gasteiger partial charge in [-0.1, -0.05) is 12.1 Å². The summed E-state index contributed by atoms with van der Waals surface area (Å²) < 4.78 is 35.8. The maximum Gasteiger partial charge on any atom is 0.389 e. The molecule has 6 nitrogen and oxygen atoms in total. The Balaban J connectivity index is 2.69. The molecular formula is C12H13F3N2O4. The Hall–Kier alpha value is -2.16. The maximum absolute atomic E-state index is 11.9. The SMILES string of the molecule is O=C(O)c1c(CNCCCC(F)(F)F)cccc1[N+](=O)[O-]. The van der Waals surface area contributed by atoms with Crippen molar-refractivity contribution in [1.82, 2.24) is 5.32 Å². The molecule has 0 radical (unpaired) electrons. The van der Waals surface area contributed by atoms with Gasteiger partial charge in [0.25, 0.3) is 5.69 Å². The first-order valence-corrected chi connectivity index (χ1v) is 5.99. The van der Waals surface area contributed by atoms with Crippen molar-refractivity contribution in [3.63, 3.8) is 0 Å². The number of nitrogens with one attached hydrogen (secondary N) is 1. The van der Waals surface area contributed by atoms with Gasteiger partial charge in [0.2, 0.25) is 0 Å². The molecule has 0 amide bonds. The molecule has 0 aliphatic heterocycles. The molecule has 0 unspecified atom stereocenters. The highest BCUT2D eigenvalue weighted by Crippen LogP contribution is 2.23. The van der Waals surface area contributed by atoms with Crippen molar-refractivity contribution in [3.8, 4) is 0 Å². The zero-order valence-corrected chi connectivity index (χ0v) is 10.8. The van der Waals surface area contributed by atoms with Crippen LogP contribution in [0.5, 0.6) is 0 Å². The van der Waals surface area contributed by atoms with E-state index in [2.05, 4.69) is 5.32 Å². The molecular weight excluding hydrogens is 293 g/mol. The van der Waals surface area contributed by atoms with E-state index in [1.54, 1.807) is 0 Å². The molecule has 0 aliphatic carbocycles. The van der Waals surface area contributed by atoms with E-state index in [4.69, 9.17) is 5.11 Å². The van der Waals surface area contributed by atoms with Crippen molar-refractivity contribution in [2.75, 3.05) is 6.54 Å². The molecule has 9 heteroatoms. The van der Waals surface area contributed by atoms with Crippen LogP contribution in [0.1, 0.15) is 28.8 Å². The fraction of sp³-hybridized carbons (Fsp3) is 0.417. The number of carboxylic acids is 1. The Morgan fingerprint density at radius 3 is 2.57 bits per heavy atom. The van der Waals surface area contributed by atoms with Gasteiger partial charge in [0.05, 0.1) is 4.92 Å². The van der Waals surface area contributed by atoms with Gasteiger partial charge in [-0.25, -0.2) is 4.79 Å². The highest BCUT2D eigenvalue weighted by atomic mass is 19.4. The van der Waals surface area contributed by atoms with Crippen LogP contribution in [0.2, 0.25) is 0 Å². The third-order valence-corrected chi connectivity index (χ3v) is 2.67. The van der Waals surface area contributed by atoms with Crippen LogP contribution < -0.4 is 5.32 Å². The van der Waals surface area contributed by atoms with Gasteiger partial charge in [-0.2, -0.15) is 13.2 Å². The lowest BCUT2D eigenvalue weighted by Gasteiger charge is -2.09. The maximum atomic E-state index is 11.9. The Morgan fingerprint density at radius 2 is 2.05 bits per heavy atom. The minimum Gasteiger partial charge on any atom is -0.477 e. The first-order valence-electron chi connectivity index (χ1n) is 5.99. The van der Waals surface area contributed by atoms with Gasteiger partial charge in [-0.15, -0.1) is 0 Å². The molecule has 21 heavy (non-hydrogen) atoms. The lowest BCUT2D eigenvalue weighted by molar-refractivity contribution is -0.385. The summed E-state index contributed by atoms with van der Waals surface area (Å²) in [7, 11) is 0. The Kier molecular flexibility index (Phi) is 5.65. The number of alkyl halides is 3. The minimum atomic E-state index is -4.24. The molecule has 1 aromatic carbocycles. The number of nitro benzene ring substituents is 1. The van der Waals surface area contributed by atoms with Crippen molar-refractivity contribution in [3.05, 3.63) is 39.4 Å². The van der Waals surface area contributed by atoms with Gasteiger partial charge in [-0.3, -0.25) is 10.1 Å². The zero-order valence-electron chi connectivity index (χ0n) is 10.8. The molecule has 0 saturated carbocycles. The smallest absolute Gasteiger partial charge is 0.389 e. The van der Waals surface area contributed by atoms with Crippen molar-refractivity contribution in [2.24, 2.45) is 0 Å². The van der Waals surface area contributed by atoms with Crippen LogP contribution in [0.3, 0.4) is 0 Å². The normalized spacial score (nSPS) is 11.4. The minimum absolute atomic E-state index is 0.0290. The summed E-state index contributed by atoms with van der Waals surface area (Å²) in [6.45, 7) is -0.0254. The summed E-state index contributed by atoms with van der Waals surface area (Å²) in [6, 6.07) is 3.78. The van der Waals surface area contributed by atoms with Gasteiger partial charge in [0, 0.05) is 19.0 Å². The first-order chi connectivity index (χ1) is 9.72. The van der Waals surface area contributed by atoms with Crippen molar-refractivity contribution in [2.45, 2.75) is 25.6 Å². The van der Waals surface area contributed by atoms with Gasteiger partial charge in [-0.05, 0) is 18.5 Å². The lowest BCUT2D eigenvalue weighted by Crippen LogP contribution is -2.19. The third-order valence-electron chi connectivity index (χ3n) is 2.67. The molecule has 0 spiro atoms. The standard InChI is InChI=1S/C12H13F3N2O4/c13-12(14,15)5-2-6-16-7-8-3-1-4-9(17(20)21)10(8)11(18)19/h1,3-4,16H,2,5-7H2,(H,18,19). The van der Waals surface area contributed by atoms with E-state index in [-0.39, 0.29) is 25.1 Å². The van der Waals surface area contributed by atoms with Gasteiger partial charge in [0.15, 0.2) is 0 Å². The summed E-state index contributed by atoms with van der Waals surface area (Å²) in [5, 5.41) is 22.4. The number of carboxylic acid groups (broad SMARTS) is 1. The number of rotatable bonds is 7. The quantitative estimate of drug-likeness (QED) is 0.459. The Labute approximate surface area is 117 Å². The number of carbonyl (C=O) groups is 1. The average Bonchev–Trinajstić information content (AvgIpc) is 2.36. The van der Waals surface area contributed by atoms with Crippen LogP contribution in [0.4, 0.5) is 18.9 Å². The van der Waals surface area contributed by atoms with E-state index in [0.29, 0.717) is 0 Å².